The SMILES string of the molecule is CC.CCC1(O)CCC1.[B]C(C)(C)Cc1nc(N)nn2ccc(-c3ccc(NC=C)nc3)c12. The normalized spacial score (nSPS) is 14.2. The van der Waals surface area contributed by atoms with E-state index in [-0.39, 0.29) is 11.5 Å². The highest BCUT2D eigenvalue weighted by molar-refractivity contribution is 6.14. The Morgan fingerprint density at radius 1 is 1.30 bits per heavy atom. The van der Waals surface area contributed by atoms with E-state index in [1.807, 2.05) is 59.0 Å². The summed E-state index contributed by atoms with van der Waals surface area (Å²) in [5.41, 5.74) is 9.28. The van der Waals surface area contributed by atoms with E-state index < -0.39 is 5.31 Å². The van der Waals surface area contributed by atoms with E-state index in [1.165, 1.54) is 6.42 Å². The lowest BCUT2D eigenvalue weighted by atomic mass is 9.69. The van der Waals surface area contributed by atoms with Gasteiger partial charge < -0.3 is 16.2 Å². The second-order valence-corrected chi connectivity index (χ2v) is 8.82. The molecule has 0 unspecified atom stereocenters. The molecular formula is C25H37BN6O. The summed E-state index contributed by atoms with van der Waals surface area (Å²) in [6.07, 6.45) is 10.1. The zero-order valence-corrected chi connectivity index (χ0v) is 20.6. The third kappa shape index (κ3) is 7.06. The average molecular weight is 448 g/mol. The van der Waals surface area contributed by atoms with Gasteiger partial charge in [-0.1, -0.05) is 46.5 Å². The molecule has 3 heterocycles. The number of nitrogens with two attached hydrogens (primary N) is 1. The summed E-state index contributed by atoms with van der Waals surface area (Å²) in [5, 5.41) is 16.0. The zero-order chi connectivity index (χ0) is 24.6. The Hall–Kier alpha value is -2.87. The van der Waals surface area contributed by atoms with E-state index in [4.69, 9.17) is 13.6 Å². The van der Waals surface area contributed by atoms with Crippen LogP contribution in [-0.4, -0.2) is 38.1 Å². The van der Waals surface area contributed by atoms with E-state index in [1.54, 1.807) is 16.9 Å². The zero-order valence-electron chi connectivity index (χ0n) is 20.6. The van der Waals surface area contributed by atoms with E-state index in [9.17, 15) is 5.11 Å². The molecule has 176 valence electrons. The Labute approximate surface area is 198 Å². The van der Waals surface area contributed by atoms with Crippen LogP contribution in [0, 0.1) is 0 Å². The number of nitrogens with zero attached hydrogens (tertiary/aromatic N) is 4. The van der Waals surface area contributed by atoms with Crippen LogP contribution in [0.2, 0.25) is 5.31 Å². The number of rotatable bonds is 6. The Morgan fingerprint density at radius 2 is 2.00 bits per heavy atom. The number of nitrogens with one attached hydrogen (secondary N) is 1. The highest BCUT2D eigenvalue weighted by Crippen LogP contribution is 2.34. The van der Waals surface area contributed by atoms with Crippen molar-refractivity contribution < 1.29 is 5.11 Å². The van der Waals surface area contributed by atoms with Crippen LogP contribution in [0.3, 0.4) is 0 Å². The number of hydrogen-bond donors (Lipinski definition) is 3. The summed E-state index contributed by atoms with van der Waals surface area (Å²) in [6, 6.07) is 5.86. The fourth-order valence-corrected chi connectivity index (χ4v) is 3.59. The molecule has 1 saturated carbocycles. The quantitative estimate of drug-likeness (QED) is 0.450. The van der Waals surface area contributed by atoms with Gasteiger partial charge in [0.05, 0.1) is 24.7 Å². The van der Waals surface area contributed by atoms with Gasteiger partial charge in [-0.2, -0.15) is 0 Å². The van der Waals surface area contributed by atoms with Crippen LogP contribution in [-0.2, 0) is 6.42 Å². The van der Waals surface area contributed by atoms with Gasteiger partial charge in [0.1, 0.15) is 5.82 Å². The molecule has 0 aromatic carbocycles. The van der Waals surface area contributed by atoms with Crippen LogP contribution in [0.5, 0.6) is 0 Å². The minimum absolute atomic E-state index is 0.229. The maximum Gasteiger partial charge on any atom is 0.238 e. The van der Waals surface area contributed by atoms with E-state index >= 15 is 0 Å². The van der Waals surface area contributed by atoms with Gasteiger partial charge in [-0.15, -0.1) is 5.10 Å². The molecule has 0 amide bonds. The summed E-state index contributed by atoms with van der Waals surface area (Å²) in [7, 11) is 6.18. The molecule has 4 rings (SSSR count). The summed E-state index contributed by atoms with van der Waals surface area (Å²) in [5.74, 6) is 0.966. The molecular weight excluding hydrogens is 411 g/mol. The van der Waals surface area contributed by atoms with Crippen molar-refractivity contribution in [2.75, 3.05) is 11.1 Å². The molecule has 0 aliphatic heterocycles. The van der Waals surface area contributed by atoms with Gasteiger partial charge in [-0.25, -0.2) is 14.5 Å². The highest BCUT2D eigenvalue weighted by Gasteiger charge is 2.31. The van der Waals surface area contributed by atoms with E-state index in [0.29, 0.717) is 6.42 Å². The molecule has 0 bridgehead atoms. The molecule has 1 aliphatic carbocycles. The van der Waals surface area contributed by atoms with Crippen molar-refractivity contribution in [3.8, 4) is 11.1 Å². The van der Waals surface area contributed by atoms with E-state index in [2.05, 4.69) is 27.0 Å². The summed E-state index contributed by atoms with van der Waals surface area (Å²) in [4.78, 5) is 8.78. The average Bonchev–Trinajstić information content (AvgIpc) is 3.17. The van der Waals surface area contributed by atoms with Crippen molar-refractivity contribution in [3.63, 3.8) is 0 Å². The number of nitrogen functional groups attached to an aromatic ring is 1. The van der Waals surface area contributed by atoms with Crippen LogP contribution in [0.4, 0.5) is 11.8 Å². The molecule has 33 heavy (non-hydrogen) atoms. The van der Waals surface area contributed by atoms with Gasteiger partial charge in [0.25, 0.3) is 0 Å². The first-order valence-electron chi connectivity index (χ1n) is 11.6. The molecule has 8 heteroatoms. The molecule has 4 N–H and O–H groups in total. The third-order valence-electron chi connectivity index (χ3n) is 5.49. The van der Waals surface area contributed by atoms with Crippen LogP contribution < -0.4 is 11.1 Å². The maximum absolute atomic E-state index is 9.22. The van der Waals surface area contributed by atoms with Crippen molar-refractivity contribution in [1.82, 2.24) is 19.6 Å². The third-order valence-corrected chi connectivity index (χ3v) is 5.49. The predicted octanol–water partition coefficient (Wildman–Crippen LogP) is 5.18. The van der Waals surface area contributed by atoms with Gasteiger partial charge >= 0.3 is 0 Å². The highest BCUT2D eigenvalue weighted by atomic mass is 16.3. The monoisotopic (exact) mass is 448 g/mol. The van der Waals surface area contributed by atoms with Crippen molar-refractivity contribution in [1.29, 1.82) is 0 Å². The minimum atomic E-state index is -0.404. The largest absolute Gasteiger partial charge is 0.390 e. The topological polar surface area (TPSA) is 101 Å². The number of aromatic nitrogens is 4. The summed E-state index contributed by atoms with van der Waals surface area (Å²) < 4.78 is 1.74. The van der Waals surface area contributed by atoms with Crippen LogP contribution >= 0.6 is 0 Å². The van der Waals surface area contributed by atoms with Gasteiger partial charge in [0, 0.05) is 23.5 Å². The molecule has 3 aromatic heterocycles. The second kappa shape index (κ2) is 11.3. The van der Waals surface area contributed by atoms with Gasteiger partial charge in [0.2, 0.25) is 5.95 Å². The molecule has 1 aliphatic rings. The van der Waals surface area contributed by atoms with Crippen molar-refractivity contribution in [2.45, 2.75) is 77.6 Å². The standard InChI is InChI=1S/C17H19BN6.C6H12O.C2H6/c1-4-20-14-6-5-11(10-21-14)12-7-8-24-15(12)13(9-17(2,3)18)22-16(19)23-24;1-2-6(7)4-3-5-6;1-2/h4-8,10H,1,9H2,2-3H3,(H2,19,23)(H,20,21);7H,2-5H2,1H3;1-2H3. The number of aliphatic hydroxyl groups is 1. The Kier molecular flexibility index (Phi) is 9.05. The smallest absolute Gasteiger partial charge is 0.238 e. The Bertz CT molecular complexity index is 1030. The molecule has 0 spiro atoms. The second-order valence-electron chi connectivity index (χ2n) is 8.82. The summed E-state index contributed by atoms with van der Waals surface area (Å²) >= 11 is 0. The van der Waals surface area contributed by atoms with Gasteiger partial charge in [-0.05, 0) is 56.5 Å². The maximum atomic E-state index is 9.22. The van der Waals surface area contributed by atoms with Crippen LogP contribution in [0.15, 0.2) is 43.4 Å². The lowest BCUT2D eigenvalue weighted by molar-refractivity contribution is -0.0359. The molecule has 1 fully saturated rings. The molecule has 0 saturated heterocycles. The van der Waals surface area contributed by atoms with Crippen molar-refractivity contribution >= 4 is 25.1 Å². The van der Waals surface area contributed by atoms with Gasteiger partial charge in [-0.3, -0.25) is 0 Å². The fraction of sp³-hybridized carbons (Fsp3) is 0.480. The first-order valence-corrected chi connectivity index (χ1v) is 11.6. The molecule has 2 radical (unpaired) electrons. The first kappa shape index (κ1) is 26.4. The predicted molar refractivity (Wildman–Crippen MR) is 138 cm³/mol. The Balaban J connectivity index is 0.000000362. The van der Waals surface area contributed by atoms with Crippen LogP contribution in [0.1, 0.15) is 66.0 Å². The molecule has 3 aromatic rings. The molecule has 0 atom stereocenters. The lowest BCUT2D eigenvalue weighted by Crippen LogP contribution is -2.35. The van der Waals surface area contributed by atoms with E-state index in [0.717, 1.165) is 47.4 Å². The van der Waals surface area contributed by atoms with Gasteiger partial charge in [0.15, 0.2) is 0 Å². The lowest BCUT2D eigenvalue weighted by Gasteiger charge is -2.35. The number of hydrogen-bond acceptors (Lipinski definition) is 6. The fourth-order valence-electron chi connectivity index (χ4n) is 3.59. The first-order chi connectivity index (χ1) is 15.6. The number of anilines is 2. The Morgan fingerprint density at radius 3 is 2.45 bits per heavy atom. The van der Waals surface area contributed by atoms with Crippen molar-refractivity contribution in [3.05, 3.63) is 49.1 Å². The minimum Gasteiger partial charge on any atom is -0.390 e. The number of pyridine rings is 1. The van der Waals surface area contributed by atoms with Crippen molar-refractivity contribution in [2.24, 2.45) is 0 Å². The van der Waals surface area contributed by atoms with Crippen LogP contribution in [0.25, 0.3) is 16.6 Å². The summed E-state index contributed by atoms with van der Waals surface area (Å²) in [6.45, 7) is 13.6. The number of fused-ring (bicyclic) bond motifs is 1. The molecule has 7 nitrogen and oxygen atoms in total.